The fourth-order valence-corrected chi connectivity index (χ4v) is 2.99. The number of benzene rings is 1. The Bertz CT molecular complexity index is 454. The van der Waals surface area contributed by atoms with Crippen molar-refractivity contribution in [3.05, 3.63) is 55.1 Å². The lowest BCUT2D eigenvalue weighted by molar-refractivity contribution is 0.886. The summed E-state index contributed by atoms with van der Waals surface area (Å²) >= 11 is 8.65. The van der Waals surface area contributed by atoms with Gasteiger partial charge in [-0.05, 0) is 35.2 Å². The summed E-state index contributed by atoms with van der Waals surface area (Å²) < 4.78 is 2.10. The van der Waals surface area contributed by atoms with Crippen LogP contribution in [0.25, 0.3) is 0 Å². The van der Waals surface area contributed by atoms with Gasteiger partial charge in [-0.15, -0.1) is 11.3 Å². The van der Waals surface area contributed by atoms with Crippen LogP contribution in [0.4, 0.5) is 0 Å². The maximum atomic E-state index is 6.19. The fourth-order valence-electron chi connectivity index (χ4n) is 1.37. The number of hydrogen-bond donors (Lipinski definition) is 1. The van der Waals surface area contributed by atoms with Gasteiger partial charge in [0.15, 0.2) is 0 Å². The molecule has 0 saturated carbocycles. The third kappa shape index (κ3) is 2.50. The van der Waals surface area contributed by atoms with Crippen molar-refractivity contribution in [2.75, 3.05) is 0 Å². The van der Waals surface area contributed by atoms with Gasteiger partial charge in [-0.3, -0.25) is 0 Å². The van der Waals surface area contributed by atoms with E-state index in [4.69, 9.17) is 5.73 Å². The molecule has 0 aliphatic heterocycles. The van der Waals surface area contributed by atoms with Crippen molar-refractivity contribution < 1.29 is 0 Å². The first-order valence-corrected chi connectivity index (χ1v) is 6.89. The van der Waals surface area contributed by atoms with Crippen molar-refractivity contribution in [1.82, 2.24) is 0 Å². The van der Waals surface area contributed by atoms with Gasteiger partial charge >= 0.3 is 0 Å². The van der Waals surface area contributed by atoms with Gasteiger partial charge < -0.3 is 5.73 Å². The average Bonchev–Trinajstić information content (AvgIpc) is 2.74. The molecule has 0 saturated heterocycles. The molecule has 0 aliphatic rings. The first kappa shape index (κ1) is 11.3. The van der Waals surface area contributed by atoms with E-state index in [1.807, 2.05) is 23.6 Å². The number of halogens is 2. The second-order valence-corrected chi connectivity index (χ2v) is 5.91. The summed E-state index contributed by atoms with van der Waals surface area (Å²) in [6.45, 7) is 0. The molecule has 2 N–H and O–H groups in total. The highest BCUT2D eigenvalue weighted by Crippen LogP contribution is 2.31. The number of rotatable bonds is 2. The molecule has 0 bridgehead atoms. The summed E-state index contributed by atoms with van der Waals surface area (Å²) in [5.74, 6) is 0. The Morgan fingerprint density at radius 3 is 2.67 bits per heavy atom. The number of thiophene rings is 1. The maximum Gasteiger partial charge on any atom is 0.0657 e. The van der Waals surface area contributed by atoms with E-state index >= 15 is 0 Å². The van der Waals surface area contributed by atoms with Crippen molar-refractivity contribution >= 4 is 43.2 Å². The summed E-state index contributed by atoms with van der Waals surface area (Å²) in [4.78, 5) is 1.17. The predicted octanol–water partition coefficient (Wildman–Crippen LogP) is 4.32. The normalized spacial score (nSPS) is 12.7. The Morgan fingerprint density at radius 1 is 1.20 bits per heavy atom. The molecule has 1 atom stereocenters. The summed E-state index contributed by atoms with van der Waals surface area (Å²) in [5, 5.41) is 2.04. The first-order valence-electron chi connectivity index (χ1n) is 4.42. The highest BCUT2D eigenvalue weighted by Gasteiger charge is 2.13. The molecule has 2 aromatic rings. The van der Waals surface area contributed by atoms with Crippen LogP contribution in [0, 0.1) is 0 Å². The largest absolute Gasteiger partial charge is 0.320 e. The Balaban J connectivity index is 2.41. The molecule has 1 nitrogen and oxygen atoms in total. The van der Waals surface area contributed by atoms with Gasteiger partial charge in [0.05, 0.1) is 6.04 Å². The van der Waals surface area contributed by atoms with Crippen LogP contribution in [0.3, 0.4) is 0 Å². The summed E-state index contributed by atoms with van der Waals surface area (Å²) in [5.41, 5.74) is 7.29. The van der Waals surface area contributed by atoms with Crippen molar-refractivity contribution in [1.29, 1.82) is 0 Å². The molecule has 78 valence electrons. The van der Waals surface area contributed by atoms with E-state index in [2.05, 4.69) is 44.0 Å². The summed E-state index contributed by atoms with van der Waals surface area (Å²) in [6, 6.07) is 10.1. The van der Waals surface area contributed by atoms with Crippen LogP contribution in [-0.4, -0.2) is 0 Å². The second kappa shape index (κ2) is 4.78. The minimum atomic E-state index is -0.0584. The highest BCUT2D eigenvalue weighted by molar-refractivity contribution is 9.11. The van der Waals surface area contributed by atoms with Crippen LogP contribution in [0.15, 0.2) is 44.7 Å². The van der Waals surface area contributed by atoms with Crippen LogP contribution in [0.2, 0.25) is 0 Å². The minimum Gasteiger partial charge on any atom is -0.320 e. The van der Waals surface area contributed by atoms with E-state index < -0.39 is 0 Å². The lowest BCUT2D eigenvalue weighted by atomic mass is 10.1. The zero-order chi connectivity index (χ0) is 10.8. The molecule has 1 aromatic heterocycles. The van der Waals surface area contributed by atoms with E-state index in [1.165, 1.54) is 4.88 Å². The Kier molecular flexibility index (Phi) is 3.61. The van der Waals surface area contributed by atoms with E-state index in [0.717, 1.165) is 14.5 Å². The van der Waals surface area contributed by atoms with Gasteiger partial charge in [0.25, 0.3) is 0 Å². The van der Waals surface area contributed by atoms with Crippen molar-refractivity contribution in [2.45, 2.75) is 6.04 Å². The molecule has 0 fully saturated rings. The molecule has 15 heavy (non-hydrogen) atoms. The summed E-state index contributed by atoms with van der Waals surface area (Å²) in [7, 11) is 0. The molecule has 0 spiro atoms. The van der Waals surface area contributed by atoms with Gasteiger partial charge in [-0.1, -0.05) is 37.9 Å². The quantitative estimate of drug-likeness (QED) is 0.860. The van der Waals surface area contributed by atoms with Gasteiger partial charge in [0.1, 0.15) is 0 Å². The second-order valence-electron chi connectivity index (χ2n) is 3.16. The van der Waals surface area contributed by atoms with E-state index in [1.54, 1.807) is 11.3 Å². The Morgan fingerprint density at radius 2 is 2.00 bits per heavy atom. The zero-order valence-electron chi connectivity index (χ0n) is 7.78. The third-order valence-corrected chi connectivity index (χ3v) is 4.31. The van der Waals surface area contributed by atoms with Gasteiger partial charge in [0.2, 0.25) is 0 Å². The monoisotopic (exact) mass is 345 g/mol. The fraction of sp³-hybridized carbons (Fsp3) is 0.0909. The Labute approximate surface area is 110 Å². The molecule has 0 aliphatic carbocycles. The topological polar surface area (TPSA) is 26.0 Å². The predicted molar refractivity (Wildman–Crippen MR) is 72.2 cm³/mol. The van der Waals surface area contributed by atoms with Gasteiger partial charge in [-0.2, -0.15) is 0 Å². The smallest absolute Gasteiger partial charge is 0.0657 e. The van der Waals surface area contributed by atoms with E-state index in [9.17, 15) is 0 Å². The Hall–Kier alpha value is -0.160. The lowest BCUT2D eigenvalue weighted by Crippen LogP contribution is -2.10. The van der Waals surface area contributed by atoms with Crippen LogP contribution in [-0.2, 0) is 0 Å². The molecular formula is C11H9Br2NS. The van der Waals surface area contributed by atoms with Gasteiger partial charge in [-0.25, -0.2) is 0 Å². The molecule has 2 rings (SSSR count). The summed E-state index contributed by atoms with van der Waals surface area (Å²) in [6.07, 6.45) is 0. The van der Waals surface area contributed by atoms with Crippen LogP contribution < -0.4 is 5.73 Å². The standard InChI is InChI=1S/C11H9Br2NS/c12-7-3-4-9(13)8(6-7)11(14)10-2-1-5-15-10/h1-6,11H,14H2/t11-/m0/s1. The highest BCUT2D eigenvalue weighted by atomic mass is 79.9. The molecule has 0 radical (unpaired) electrons. The lowest BCUT2D eigenvalue weighted by Gasteiger charge is -2.12. The number of hydrogen-bond acceptors (Lipinski definition) is 2. The molecule has 0 amide bonds. The van der Waals surface area contributed by atoms with Crippen molar-refractivity contribution in [3.63, 3.8) is 0 Å². The van der Waals surface area contributed by atoms with Gasteiger partial charge in [0, 0.05) is 13.8 Å². The molecular weight excluding hydrogens is 338 g/mol. The van der Waals surface area contributed by atoms with Crippen LogP contribution in [0.1, 0.15) is 16.5 Å². The SMILES string of the molecule is N[C@H](c1cccs1)c1cc(Br)ccc1Br. The molecule has 1 aromatic carbocycles. The van der Waals surface area contributed by atoms with Crippen LogP contribution in [0.5, 0.6) is 0 Å². The van der Waals surface area contributed by atoms with Crippen LogP contribution >= 0.6 is 43.2 Å². The van der Waals surface area contributed by atoms with Crippen molar-refractivity contribution in [3.8, 4) is 0 Å². The number of nitrogens with two attached hydrogens (primary N) is 1. The van der Waals surface area contributed by atoms with E-state index in [0.29, 0.717) is 0 Å². The molecule has 4 heteroatoms. The maximum absolute atomic E-state index is 6.19. The minimum absolute atomic E-state index is 0.0584. The molecule has 1 heterocycles. The first-order chi connectivity index (χ1) is 7.18. The van der Waals surface area contributed by atoms with Crippen molar-refractivity contribution in [2.24, 2.45) is 5.73 Å². The average molecular weight is 347 g/mol. The zero-order valence-corrected chi connectivity index (χ0v) is 11.8. The van der Waals surface area contributed by atoms with E-state index in [-0.39, 0.29) is 6.04 Å². The molecule has 0 unspecified atom stereocenters. The third-order valence-electron chi connectivity index (χ3n) is 2.14.